The minimum Gasteiger partial charge on any atom is -0.388 e. The minimum absolute atomic E-state index is 0.400. The third-order valence-corrected chi connectivity index (χ3v) is 3.19. The van der Waals surface area contributed by atoms with Crippen molar-refractivity contribution in [2.24, 2.45) is 0 Å². The van der Waals surface area contributed by atoms with Gasteiger partial charge in [-0.1, -0.05) is 5.92 Å². The Bertz CT molecular complexity index is 227. The first-order valence-electron chi connectivity index (χ1n) is 4.32. The van der Waals surface area contributed by atoms with Gasteiger partial charge in [-0.2, -0.15) is 0 Å². The van der Waals surface area contributed by atoms with Crippen molar-refractivity contribution in [1.82, 2.24) is 0 Å². The van der Waals surface area contributed by atoms with Crippen LogP contribution in [0, 0.1) is 12.3 Å². The Kier molecular flexibility index (Phi) is 4.23. The molecule has 5 unspecified atom stereocenters. The van der Waals surface area contributed by atoms with Crippen LogP contribution in [-0.2, 0) is 4.74 Å². The highest BCUT2D eigenvalue weighted by atomic mass is 32.2. The molecule has 1 heterocycles. The molecule has 0 radical (unpaired) electrons. The molecule has 3 N–H and O–H groups in total. The smallest absolute Gasteiger partial charge is 0.133 e. The predicted molar refractivity (Wildman–Crippen MR) is 53.6 cm³/mol. The van der Waals surface area contributed by atoms with E-state index in [0.717, 1.165) is 0 Å². The zero-order chi connectivity index (χ0) is 10.7. The molecule has 14 heavy (non-hydrogen) atoms. The van der Waals surface area contributed by atoms with Gasteiger partial charge in [-0.15, -0.1) is 18.2 Å². The van der Waals surface area contributed by atoms with Crippen LogP contribution in [0.2, 0.25) is 0 Å². The third-order valence-electron chi connectivity index (χ3n) is 2.14. The summed E-state index contributed by atoms with van der Waals surface area (Å²) in [7, 11) is 0. The number of hydrogen-bond acceptors (Lipinski definition) is 5. The summed E-state index contributed by atoms with van der Waals surface area (Å²) in [6, 6.07) is 0. The standard InChI is InChI=1S/C9H14O4S/c1-3-4-14-9-8(12)7(11)6(10)5(2)13-9/h1,5-12H,4H2,2H3. The number of rotatable bonds is 2. The van der Waals surface area contributed by atoms with Crippen LogP contribution in [0.25, 0.3) is 0 Å². The summed E-state index contributed by atoms with van der Waals surface area (Å²) < 4.78 is 5.29. The lowest BCUT2D eigenvalue weighted by Crippen LogP contribution is -2.55. The van der Waals surface area contributed by atoms with Crippen molar-refractivity contribution >= 4 is 11.8 Å². The first kappa shape index (κ1) is 11.8. The highest BCUT2D eigenvalue weighted by molar-refractivity contribution is 8.00. The van der Waals surface area contributed by atoms with E-state index in [4.69, 9.17) is 11.2 Å². The normalized spacial score (nSPS) is 43.2. The fourth-order valence-corrected chi connectivity index (χ4v) is 2.15. The fourth-order valence-electron chi connectivity index (χ4n) is 1.28. The number of thioether (sulfide) groups is 1. The largest absolute Gasteiger partial charge is 0.388 e. The van der Waals surface area contributed by atoms with Crippen molar-refractivity contribution < 1.29 is 20.1 Å². The maximum absolute atomic E-state index is 9.53. The van der Waals surface area contributed by atoms with Crippen molar-refractivity contribution in [3.63, 3.8) is 0 Å². The van der Waals surface area contributed by atoms with E-state index in [1.165, 1.54) is 11.8 Å². The number of terminal acetylenes is 1. The Morgan fingerprint density at radius 1 is 1.29 bits per heavy atom. The molecule has 0 aliphatic carbocycles. The van der Waals surface area contributed by atoms with Crippen LogP contribution in [0.15, 0.2) is 0 Å². The Balaban J connectivity index is 2.57. The average Bonchev–Trinajstić information content (AvgIpc) is 2.18. The second kappa shape index (κ2) is 5.01. The van der Waals surface area contributed by atoms with Crippen LogP contribution >= 0.6 is 11.8 Å². The van der Waals surface area contributed by atoms with Gasteiger partial charge in [-0.25, -0.2) is 0 Å². The lowest BCUT2D eigenvalue weighted by atomic mass is 10.0. The van der Waals surface area contributed by atoms with E-state index in [-0.39, 0.29) is 0 Å². The van der Waals surface area contributed by atoms with E-state index in [1.54, 1.807) is 6.92 Å². The fraction of sp³-hybridized carbons (Fsp3) is 0.778. The van der Waals surface area contributed by atoms with Gasteiger partial charge in [0.25, 0.3) is 0 Å². The number of aliphatic hydroxyl groups excluding tert-OH is 3. The van der Waals surface area contributed by atoms with Gasteiger partial charge < -0.3 is 20.1 Å². The van der Waals surface area contributed by atoms with Crippen LogP contribution in [0.4, 0.5) is 0 Å². The van der Waals surface area contributed by atoms with Crippen LogP contribution < -0.4 is 0 Å². The highest BCUT2D eigenvalue weighted by Crippen LogP contribution is 2.27. The zero-order valence-electron chi connectivity index (χ0n) is 7.83. The molecule has 0 saturated carbocycles. The number of hydrogen-bond donors (Lipinski definition) is 3. The van der Waals surface area contributed by atoms with E-state index in [9.17, 15) is 15.3 Å². The molecule has 1 fully saturated rings. The van der Waals surface area contributed by atoms with E-state index < -0.39 is 29.9 Å². The SMILES string of the molecule is C#CCSC1OC(C)C(O)C(O)C1O. The molecular weight excluding hydrogens is 204 g/mol. The minimum atomic E-state index is -1.17. The summed E-state index contributed by atoms with van der Waals surface area (Å²) in [5, 5.41) is 28.3. The Hall–Kier alpha value is -0.250. The second-order valence-corrected chi connectivity index (χ2v) is 4.28. The molecule has 5 atom stereocenters. The maximum atomic E-state index is 9.53. The molecule has 0 amide bonds. The van der Waals surface area contributed by atoms with Crippen molar-refractivity contribution in [3.05, 3.63) is 0 Å². The predicted octanol–water partition coefficient (Wildman–Crippen LogP) is -0.820. The molecule has 0 spiro atoms. The molecule has 0 aromatic rings. The molecular formula is C9H14O4S. The second-order valence-electron chi connectivity index (χ2n) is 3.20. The van der Waals surface area contributed by atoms with E-state index >= 15 is 0 Å². The zero-order valence-corrected chi connectivity index (χ0v) is 8.65. The van der Waals surface area contributed by atoms with Crippen LogP contribution in [0.5, 0.6) is 0 Å². The summed E-state index contributed by atoms with van der Waals surface area (Å²) in [6.45, 7) is 1.64. The molecule has 0 bridgehead atoms. The van der Waals surface area contributed by atoms with Gasteiger partial charge in [0.15, 0.2) is 0 Å². The van der Waals surface area contributed by atoms with Crippen molar-refractivity contribution in [3.8, 4) is 12.3 Å². The van der Waals surface area contributed by atoms with Gasteiger partial charge in [0.1, 0.15) is 23.7 Å². The molecule has 80 valence electrons. The molecule has 0 aromatic heterocycles. The third kappa shape index (κ3) is 2.41. The monoisotopic (exact) mass is 218 g/mol. The molecule has 1 aliphatic rings. The summed E-state index contributed by atoms with van der Waals surface area (Å²) >= 11 is 1.24. The van der Waals surface area contributed by atoms with Crippen LogP contribution in [0.3, 0.4) is 0 Å². The Morgan fingerprint density at radius 2 is 1.93 bits per heavy atom. The molecule has 0 aromatic carbocycles. The lowest BCUT2D eigenvalue weighted by molar-refractivity contribution is -0.192. The van der Waals surface area contributed by atoms with Crippen molar-refractivity contribution in [2.45, 2.75) is 36.8 Å². The quantitative estimate of drug-likeness (QED) is 0.528. The molecule has 5 heteroatoms. The molecule has 1 saturated heterocycles. The Labute approximate surface area is 87.3 Å². The van der Waals surface area contributed by atoms with E-state index in [0.29, 0.717) is 5.75 Å². The molecule has 4 nitrogen and oxygen atoms in total. The maximum Gasteiger partial charge on any atom is 0.133 e. The van der Waals surface area contributed by atoms with Gasteiger partial charge in [-0.05, 0) is 6.92 Å². The Morgan fingerprint density at radius 3 is 2.50 bits per heavy atom. The topological polar surface area (TPSA) is 69.9 Å². The van der Waals surface area contributed by atoms with E-state index in [2.05, 4.69) is 5.92 Å². The lowest BCUT2D eigenvalue weighted by Gasteiger charge is -2.38. The van der Waals surface area contributed by atoms with Gasteiger partial charge in [0.2, 0.25) is 0 Å². The first-order valence-corrected chi connectivity index (χ1v) is 5.37. The van der Waals surface area contributed by atoms with Gasteiger partial charge in [0, 0.05) is 0 Å². The van der Waals surface area contributed by atoms with Crippen molar-refractivity contribution in [1.29, 1.82) is 0 Å². The number of aliphatic hydroxyl groups is 3. The summed E-state index contributed by atoms with van der Waals surface area (Å²) in [4.78, 5) is 0. The molecule has 1 rings (SSSR count). The van der Waals surface area contributed by atoms with Crippen molar-refractivity contribution in [2.75, 3.05) is 5.75 Å². The summed E-state index contributed by atoms with van der Waals surface area (Å²) in [5.41, 5.74) is -0.570. The summed E-state index contributed by atoms with van der Waals surface area (Å²) in [6.07, 6.45) is 1.25. The van der Waals surface area contributed by atoms with Crippen LogP contribution in [0.1, 0.15) is 6.92 Å². The summed E-state index contributed by atoms with van der Waals surface area (Å²) in [5.74, 6) is 2.80. The number of ether oxygens (including phenoxy) is 1. The van der Waals surface area contributed by atoms with E-state index in [1.807, 2.05) is 0 Å². The van der Waals surface area contributed by atoms with Crippen LogP contribution in [-0.4, -0.2) is 50.9 Å². The van der Waals surface area contributed by atoms with Gasteiger partial charge in [0.05, 0.1) is 11.9 Å². The highest BCUT2D eigenvalue weighted by Gasteiger charge is 2.41. The molecule has 1 aliphatic heterocycles. The van der Waals surface area contributed by atoms with Gasteiger partial charge >= 0.3 is 0 Å². The average molecular weight is 218 g/mol. The van der Waals surface area contributed by atoms with Gasteiger partial charge in [-0.3, -0.25) is 0 Å². The first-order chi connectivity index (χ1) is 6.57.